The minimum Gasteiger partial charge on any atom is -0.493 e. The van der Waals surface area contributed by atoms with Gasteiger partial charge in [-0.1, -0.05) is 0 Å². The molecule has 1 N–H and O–H groups in total. The van der Waals surface area contributed by atoms with Crippen LogP contribution in [0.3, 0.4) is 0 Å². The summed E-state index contributed by atoms with van der Waals surface area (Å²) >= 11 is 0. The van der Waals surface area contributed by atoms with Gasteiger partial charge in [0.05, 0.1) is 19.8 Å². The number of hydrogen-bond donors (Lipinski definition) is 1. The number of rotatable bonds is 6. The molecule has 6 heteroatoms. The molecule has 2 aliphatic rings. The highest BCUT2D eigenvalue weighted by atomic mass is 19.1. The van der Waals surface area contributed by atoms with E-state index in [-0.39, 0.29) is 17.2 Å². The number of carbonyl (C=O) groups excluding carboxylic acids is 1. The number of ether oxygens (including phenoxy) is 2. The van der Waals surface area contributed by atoms with E-state index in [1.165, 1.54) is 39.2 Å². The Balaban J connectivity index is 1.62. The molecule has 1 saturated carbocycles. The van der Waals surface area contributed by atoms with E-state index < -0.39 is 5.82 Å². The third-order valence-corrected chi connectivity index (χ3v) is 4.88. The van der Waals surface area contributed by atoms with E-state index >= 15 is 0 Å². The van der Waals surface area contributed by atoms with Crippen molar-refractivity contribution in [2.75, 3.05) is 33.9 Å². The van der Waals surface area contributed by atoms with E-state index in [9.17, 15) is 9.18 Å². The average Bonchev–Trinajstić information content (AvgIpc) is 3.44. The summed E-state index contributed by atoms with van der Waals surface area (Å²) in [6, 6.07) is 3.09. The van der Waals surface area contributed by atoms with Crippen molar-refractivity contribution in [2.24, 2.45) is 5.92 Å². The van der Waals surface area contributed by atoms with Gasteiger partial charge in [0.15, 0.2) is 11.5 Å². The molecule has 1 saturated heterocycles. The number of nitrogens with one attached hydrogen (secondary N) is 1. The van der Waals surface area contributed by atoms with Gasteiger partial charge in [0.25, 0.3) is 5.91 Å². The summed E-state index contributed by atoms with van der Waals surface area (Å²) in [5.74, 6) is 0.643. The molecule has 1 amide bonds. The molecule has 0 unspecified atom stereocenters. The van der Waals surface area contributed by atoms with Gasteiger partial charge in [-0.05, 0) is 44.2 Å². The lowest BCUT2D eigenvalue weighted by atomic mass is 10.0. The van der Waals surface area contributed by atoms with E-state index in [1.54, 1.807) is 4.90 Å². The maximum absolute atomic E-state index is 14.3. The lowest BCUT2D eigenvalue weighted by Gasteiger charge is -2.32. The van der Waals surface area contributed by atoms with Crippen LogP contribution in [0.1, 0.15) is 36.0 Å². The van der Waals surface area contributed by atoms with Gasteiger partial charge < -0.3 is 19.7 Å². The first kappa shape index (κ1) is 17.0. The third kappa shape index (κ3) is 3.80. The highest BCUT2D eigenvalue weighted by molar-refractivity contribution is 5.95. The normalized spacial score (nSPS) is 18.5. The highest BCUT2D eigenvalue weighted by Crippen LogP contribution is 2.31. The van der Waals surface area contributed by atoms with Gasteiger partial charge in [-0.25, -0.2) is 4.39 Å². The van der Waals surface area contributed by atoms with Crippen molar-refractivity contribution in [2.45, 2.75) is 31.7 Å². The molecular formula is C18H25FN2O3. The van der Waals surface area contributed by atoms with Crippen molar-refractivity contribution in [3.8, 4) is 11.5 Å². The fraction of sp³-hybridized carbons (Fsp3) is 0.611. The molecule has 0 aromatic heterocycles. The van der Waals surface area contributed by atoms with Crippen molar-refractivity contribution in [3.63, 3.8) is 0 Å². The van der Waals surface area contributed by atoms with E-state index in [1.807, 2.05) is 0 Å². The van der Waals surface area contributed by atoms with Crippen molar-refractivity contribution >= 4 is 5.91 Å². The van der Waals surface area contributed by atoms with E-state index in [4.69, 9.17) is 9.47 Å². The van der Waals surface area contributed by atoms with Crippen LogP contribution in [-0.4, -0.2) is 50.7 Å². The second kappa shape index (κ2) is 7.38. The largest absolute Gasteiger partial charge is 0.493 e. The lowest BCUT2D eigenvalue weighted by molar-refractivity contribution is 0.0699. The molecule has 1 aromatic carbocycles. The second-order valence-corrected chi connectivity index (χ2v) is 6.61. The van der Waals surface area contributed by atoms with E-state index in [2.05, 4.69) is 5.32 Å². The fourth-order valence-corrected chi connectivity index (χ4v) is 3.13. The number of benzene rings is 1. The zero-order chi connectivity index (χ0) is 17.1. The molecule has 2 fully saturated rings. The highest BCUT2D eigenvalue weighted by Gasteiger charge is 2.28. The number of halogens is 1. The van der Waals surface area contributed by atoms with Gasteiger partial charge in [0.1, 0.15) is 5.82 Å². The third-order valence-electron chi connectivity index (χ3n) is 4.88. The Morgan fingerprint density at radius 2 is 1.79 bits per heavy atom. The molecule has 1 aliphatic carbocycles. The number of methoxy groups -OCH3 is 2. The molecule has 0 radical (unpaired) electrons. The number of hydrogen-bond acceptors (Lipinski definition) is 4. The predicted octanol–water partition coefficient (Wildman–Crippen LogP) is 2.45. The number of carbonyl (C=O) groups is 1. The summed E-state index contributed by atoms with van der Waals surface area (Å²) in [6.07, 6.45) is 4.49. The summed E-state index contributed by atoms with van der Waals surface area (Å²) in [5, 5.41) is 3.58. The zero-order valence-electron chi connectivity index (χ0n) is 14.3. The molecular weight excluding hydrogens is 311 g/mol. The van der Waals surface area contributed by atoms with Crippen molar-refractivity contribution in [3.05, 3.63) is 23.5 Å². The Morgan fingerprint density at radius 1 is 1.17 bits per heavy atom. The van der Waals surface area contributed by atoms with Crippen LogP contribution in [0.15, 0.2) is 12.1 Å². The molecule has 0 atom stereocenters. The van der Waals surface area contributed by atoms with Gasteiger partial charge in [-0.15, -0.1) is 0 Å². The molecule has 1 heterocycles. The quantitative estimate of drug-likeness (QED) is 0.867. The van der Waals surface area contributed by atoms with E-state index in [0.717, 1.165) is 25.3 Å². The Bertz CT molecular complexity index is 596. The van der Waals surface area contributed by atoms with Gasteiger partial charge in [-0.3, -0.25) is 4.79 Å². The van der Waals surface area contributed by atoms with Gasteiger partial charge in [-0.2, -0.15) is 0 Å². The summed E-state index contributed by atoms with van der Waals surface area (Å²) < 4.78 is 24.5. The predicted molar refractivity (Wildman–Crippen MR) is 89.2 cm³/mol. The van der Waals surface area contributed by atoms with Crippen LogP contribution in [0, 0.1) is 11.7 Å². The maximum Gasteiger partial charge on any atom is 0.256 e. The molecule has 0 spiro atoms. The summed E-state index contributed by atoms with van der Waals surface area (Å²) in [7, 11) is 2.92. The SMILES string of the molecule is COc1cc(F)c(C(=O)N2CCC(NCC3CC3)CC2)cc1OC. The van der Waals surface area contributed by atoms with Crippen molar-refractivity contribution in [1.82, 2.24) is 10.2 Å². The van der Waals surface area contributed by atoms with Crippen LogP contribution in [0.4, 0.5) is 4.39 Å². The van der Waals surface area contributed by atoms with Gasteiger partial charge in [0.2, 0.25) is 0 Å². The average molecular weight is 336 g/mol. The molecule has 1 aromatic rings. The van der Waals surface area contributed by atoms with E-state index in [0.29, 0.717) is 24.9 Å². The number of nitrogens with zero attached hydrogens (tertiary/aromatic N) is 1. The molecule has 132 valence electrons. The van der Waals surface area contributed by atoms with Crippen LogP contribution in [-0.2, 0) is 0 Å². The standard InChI is InChI=1S/C18H25FN2O3/c1-23-16-9-14(15(19)10-17(16)24-2)18(22)21-7-5-13(6-8-21)20-11-12-3-4-12/h9-10,12-13,20H,3-8,11H2,1-2H3. The maximum atomic E-state index is 14.3. The number of likely N-dealkylation sites (tertiary alicyclic amines) is 1. The van der Waals surface area contributed by atoms with Crippen LogP contribution in [0.5, 0.6) is 11.5 Å². The Morgan fingerprint density at radius 3 is 2.38 bits per heavy atom. The van der Waals surface area contributed by atoms with Crippen LogP contribution >= 0.6 is 0 Å². The Kier molecular flexibility index (Phi) is 5.23. The summed E-state index contributed by atoms with van der Waals surface area (Å²) in [5.41, 5.74) is 0.0389. The first-order valence-corrected chi connectivity index (χ1v) is 8.56. The van der Waals surface area contributed by atoms with Crippen LogP contribution < -0.4 is 14.8 Å². The van der Waals surface area contributed by atoms with Gasteiger partial charge in [0, 0.05) is 25.2 Å². The summed E-state index contributed by atoms with van der Waals surface area (Å²) in [4.78, 5) is 14.4. The number of amides is 1. The lowest BCUT2D eigenvalue weighted by Crippen LogP contribution is -2.45. The molecule has 24 heavy (non-hydrogen) atoms. The monoisotopic (exact) mass is 336 g/mol. The van der Waals surface area contributed by atoms with Crippen molar-refractivity contribution < 1.29 is 18.7 Å². The Hall–Kier alpha value is -1.82. The molecule has 0 bridgehead atoms. The van der Waals surface area contributed by atoms with Crippen LogP contribution in [0.2, 0.25) is 0 Å². The minimum atomic E-state index is -0.577. The van der Waals surface area contributed by atoms with Crippen LogP contribution in [0.25, 0.3) is 0 Å². The number of piperidine rings is 1. The first-order valence-electron chi connectivity index (χ1n) is 8.56. The topological polar surface area (TPSA) is 50.8 Å². The van der Waals surface area contributed by atoms with Gasteiger partial charge >= 0.3 is 0 Å². The molecule has 1 aliphatic heterocycles. The second-order valence-electron chi connectivity index (χ2n) is 6.61. The zero-order valence-corrected chi connectivity index (χ0v) is 14.3. The van der Waals surface area contributed by atoms with Crippen molar-refractivity contribution in [1.29, 1.82) is 0 Å². The minimum absolute atomic E-state index is 0.0389. The molecule has 5 nitrogen and oxygen atoms in total. The Labute approximate surface area is 142 Å². The first-order chi connectivity index (χ1) is 11.6. The molecule has 3 rings (SSSR count). The fourth-order valence-electron chi connectivity index (χ4n) is 3.13. The smallest absolute Gasteiger partial charge is 0.256 e. The summed E-state index contributed by atoms with van der Waals surface area (Å²) in [6.45, 7) is 2.38.